The number of nitrogens with two attached hydrogens (primary N) is 2. The zero-order valence-electron chi connectivity index (χ0n) is 37.0. The summed E-state index contributed by atoms with van der Waals surface area (Å²) in [7, 11) is 14.1. The lowest BCUT2D eigenvalue weighted by atomic mass is 9.90. The van der Waals surface area contributed by atoms with Gasteiger partial charge in [-0.05, 0) is 107 Å². The van der Waals surface area contributed by atoms with Gasteiger partial charge < -0.3 is 52.4 Å². The summed E-state index contributed by atoms with van der Waals surface area (Å²) in [6.45, 7) is 1.77. The van der Waals surface area contributed by atoms with E-state index in [4.69, 9.17) is 23.7 Å². The molecule has 7 amide bonds. The average Bonchev–Trinajstić information content (AvgIpc) is 3.14. The standard InChI is InChI=1S/C40H72N12O7S/c1-48(2)26-33(53)44-19-12-11-16-30(47-34(54)27-49(3)4)39(58)46-21-14-24-52(40(59)29-25-43-22-18-32(29)60)23-13-20-45-38(57)28(35(37(42)56)51(7)8)15-9-10-17-31(36(41)55)50(5)6/h18,22,25,28,30-31,35H,9-17,19-21,23-24,26-27H2,1-8H3,(H2,41,55)(H2,42,56)(H,43,60)(H,44,53)(H,45,57)(H,46,58)(H,47,54)/t28-,30-,31?,35?/m0/s1. The number of likely N-dealkylation sites (N-methyl/N-ethyl adjacent to an activating group) is 4. The molecule has 1 aromatic rings. The summed E-state index contributed by atoms with van der Waals surface area (Å²) < 4.78 is 0.371. The molecule has 0 aromatic carbocycles. The highest BCUT2D eigenvalue weighted by Crippen LogP contribution is 2.19. The van der Waals surface area contributed by atoms with E-state index < -0.39 is 35.9 Å². The van der Waals surface area contributed by atoms with E-state index in [-0.39, 0.29) is 68.8 Å². The fourth-order valence-electron chi connectivity index (χ4n) is 6.73. The predicted octanol–water partition coefficient (Wildman–Crippen LogP) is -0.899. The number of hydrogen-bond acceptors (Lipinski definition) is 12. The molecule has 1 aromatic heterocycles. The van der Waals surface area contributed by atoms with Crippen LogP contribution >= 0.6 is 12.2 Å². The van der Waals surface area contributed by atoms with Crippen LogP contribution in [-0.2, 0) is 28.8 Å². The monoisotopic (exact) mass is 865 g/mol. The van der Waals surface area contributed by atoms with Crippen LogP contribution in [0.4, 0.5) is 0 Å². The number of amides is 7. The number of aromatic nitrogens is 1. The zero-order valence-corrected chi connectivity index (χ0v) is 37.8. The van der Waals surface area contributed by atoms with Crippen molar-refractivity contribution in [2.24, 2.45) is 17.4 Å². The summed E-state index contributed by atoms with van der Waals surface area (Å²) >= 11 is 5.43. The van der Waals surface area contributed by atoms with E-state index in [2.05, 4.69) is 26.3 Å². The first-order valence-corrected chi connectivity index (χ1v) is 21.0. The van der Waals surface area contributed by atoms with Crippen LogP contribution in [0.1, 0.15) is 68.1 Å². The Morgan fingerprint density at radius 1 is 0.667 bits per heavy atom. The number of aromatic amines is 1. The van der Waals surface area contributed by atoms with Gasteiger partial charge in [-0.2, -0.15) is 0 Å². The second kappa shape index (κ2) is 28.9. The van der Waals surface area contributed by atoms with Gasteiger partial charge in [0.2, 0.25) is 35.4 Å². The number of carbonyl (C=O) groups is 7. The Balaban J connectivity index is 2.95. The molecule has 2 unspecified atom stereocenters. The highest BCUT2D eigenvalue weighted by molar-refractivity contribution is 7.71. The van der Waals surface area contributed by atoms with Gasteiger partial charge in [0.1, 0.15) is 12.1 Å². The minimum Gasteiger partial charge on any atom is -0.368 e. The third kappa shape index (κ3) is 21.1. The van der Waals surface area contributed by atoms with Crippen LogP contribution in [0.3, 0.4) is 0 Å². The number of pyridine rings is 1. The maximum Gasteiger partial charge on any atom is 0.256 e. The van der Waals surface area contributed by atoms with Gasteiger partial charge >= 0.3 is 0 Å². The lowest BCUT2D eigenvalue weighted by Gasteiger charge is -2.29. The van der Waals surface area contributed by atoms with Crippen LogP contribution < -0.4 is 32.7 Å². The number of nitrogens with one attached hydrogen (secondary N) is 5. The normalized spacial score (nSPS) is 13.4. The maximum absolute atomic E-state index is 13.7. The van der Waals surface area contributed by atoms with Crippen molar-refractivity contribution in [2.75, 3.05) is 102 Å². The third-order valence-corrected chi connectivity index (χ3v) is 10.1. The third-order valence-electron chi connectivity index (χ3n) is 9.72. The molecule has 0 bridgehead atoms. The molecule has 340 valence electrons. The molecular weight excluding hydrogens is 793 g/mol. The van der Waals surface area contributed by atoms with Crippen molar-refractivity contribution >= 4 is 53.6 Å². The molecule has 4 atom stereocenters. The van der Waals surface area contributed by atoms with E-state index in [1.807, 2.05) is 14.1 Å². The van der Waals surface area contributed by atoms with Gasteiger partial charge in [0, 0.05) is 45.1 Å². The van der Waals surface area contributed by atoms with E-state index in [1.54, 1.807) is 79.0 Å². The van der Waals surface area contributed by atoms with Crippen LogP contribution in [0.2, 0.25) is 0 Å². The minimum absolute atomic E-state index is 0.0904. The van der Waals surface area contributed by atoms with Gasteiger partial charge in [0.05, 0.1) is 35.1 Å². The van der Waals surface area contributed by atoms with Gasteiger partial charge in [0.25, 0.3) is 5.91 Å². The number of nitrogens with zero attached hydrogens (tertiary/aromatic N) is 5. The molecule has 1 heterocycles. The lowest BCUT2D eigenvalue weighted by molar-refractivity contribution is -0.134. The minimum atomic E-state index is -0.861. The fraction of sp³-hybridized carbons (Fsp3) is 0.700. The smallest absolute Gasteiger partial charge is 0.256 e. The summed E-state index contributed by atoms with van der Waals surface area (Å²) in [6, 6.07) is -0.466. The summed E-state index contributed by atoms with van der Waals surface area (Å²) in [5, 5.41) is 11.5. The van der Waals surface area contributed by atoms with Gasteiger partial charge in [0.15, 0.2) is 0 Å². The molecular formula is C40H72N12O7S. The summed E-state index contributed by atoms with van der Waals surface area (Å²) in [6.07, 6.45) is 7.55. The zero-order chi connectivity index (χ0) is 45.4. The summed E-state index contributed by atoms with van der Waals surface area (Å²) in [5.74, 6) is -3.20. The van der Waals surface area contributed by atoms with Crippen LogP contribution in [0.25, 0.3) is 0 Å². The number of unbranched alkanes of at least 4 members (excludes halogenated alkanes) is 2. The summed E-state index contributed by atoms with van der Waals surface area (Å²) in [4.78, 5) is 101. The molecule has 60 heavy (non-hydrogen) atoms. The van der Waals surface area contributed by atoms with Crippen LogP contribution in [0.15, 0.2) is 18.5 Å². The van der Waals surface area contributed by atoms with Crippen LogP contribution in [0, 0.1) is 10.4 Å². The highest BCUT2D eigenvalue weighted by atomic mass is 32.1. The Kier molecular flexibility index (Phi) is 25.8. The van der Waals surface area contributed by atoms with E-state index in [0.717, 1.165) is 0 Å². The van der Waals surface area contributed by atoms with Crippen LogP contribution in [0.5, 0.6) is 0 Å². The molecule has 0 saturated heterocycles. The Morgan fingerprint density at radius 3 is 1.75 bits per heavy atom. The number of primary amides is 2. The van der Waals surface area contributed by atoms with Crippen molar-refractivity contribution in [1.82, 2.24) is 50.8 Å². The van der Waals surface area contributed by atoms with Crippen LogP contribution in [-0.4, -0.2) is 191 Å². The Morgan fingerprint density at radius 2 is 1.22 bits per heavy atom. The fourth-order valence-corrected chi connectivity index (χ4v) is 6.94. The van der Waals surface area contributed by atoms with E-state index in [1.165, 1.54) is 6.20 Å². The van der Waals surface area contributed by atoms with Gasteiger partial charge in [-0.25, -0.2) is 0 Å². The topological polar surface area (TPSA) is 252 Å². The molecule has 19 nitrogen and oxygen atoms in total. The second-order valence-electron chi connectivity index (χ2n) is 16.0. The van der Waals surface area contributed by atoms with E-state index in [0.29, 0.717) is 74.4 Å². The molecule has 0 aliphatic heterocycles. The predicted molar refractivity (Wildman–Crippen MR) is 234 cm³/mol. The SMILES string of the molecule is CN(C)CC(=O)NCCCC[C@H](NC(=O)CN(C)C)C(=O)NCCCN(CCCNC(=O)[C@@H](CCCCC(C(N)=O)N(C)C)C(C(N)=O)N(C)C)C(=O)c1c[nH]ccc1=S. The molecule has 1 rings (SSSR count). The molecule has 0 aliphatic carbocycles. The van der Waals surface area contributed by atoms with Crippen molar-refractivity contribution in [3.63, 3.8) is 0 Å². The Labute approximate surface area is 361 Å². The Bertz CT molecular complexity index is 1590. The lowest BCUT2D eigenvalue weighted by Crippen LogP contribution is -2.51. The molecule has 0 spiro atoms. The number of rotatable bonds is 31. The summed E-state index contributed by atoms with van der Waals surface area (Å²) in [5.41, 5.74) is 11.6. The molecule has 0 saturated carbocycles. The first-order valence-electron chi connectivity index (χ1n) is 20.6. The number of hydrogen-bond donors (Lipinski definition) is 7. The van der Waals surface area contributed by atoms with E-state index >= 15 is 0 Å². The van der Waals surface area contributed by atoms with E-state index in [9.17, 15) is 33.6 Å². The molecule has 0 aliphatic rings. The van der Waals surface area contributed by atoms with Crippen molar-refractivity contribution in [3.8, 4) is 0 Å². The van der Waals surface area contributed by atoms with Crippen molar-refractivity contribution in [3.05, 3.63) is 28.5 Å². The van der Waals surface area contributed by atoms with Crippen molar-refractivity contribution in [2.45, 2.75) is 75.9 Å². The van der Waals surface area contributed by atoms with Gasteiger partial charge in [-0.15, -0.1) is 0 Å². The average molecular weight is 865 g/mol. The number of carbonyl (C=O) groups excluding carboxylic acids is 7. The largest absolute Gasteiger partial charge is 0.368 e. The molecule has 9 N–H and O–H groups in total. The van der Waals surface area contributed by atoms with Crippen molar-refractivity contribution < 1.29 is 33.6 Å². The first-order chi connectivity index (χ1) is 28.3. The van der Waals surface area contributed by atoms with Gasteiger partial charge in [-0.3, -0.25) is 43.4 Å². The second-order valence-corrected chi connectivity index (χ2v) is 16.5. The van der Waals surface area contributed by atoms with Crippen molar-refractivity contribution in [1.29, 1.82) is 0 Å². The quantitative estimate of drug-likeness (QED) is 0.0355. The molecule has 20 heteroatoms. The molecule has 0 radical (unpaired) electrons. The first kappa shape index (κ1) is 53.5. The molecule has 0 fully saturated rings. The maximum atomic E-state index is 13.7. The highest BCUT2D eigenvalue weighted by Gasteiger charge is 2.34. The van der Waals surface area contributed by atoms with Gasteiger partial charge in [-0.1, -0.05) is 25.1 Å². The Hall–Kier alpha value is -4.50. The number of H-pyrrole nitrogens is 1.